The summed E-state index contributed by atoms with van der Waals surface area (Å²) in [6, 6.07) is 11.8. The summed E-state index contributed by atoms with van der Waals surface area (Å²) in [5.41, 5.74) is 0.933. The molecule has 33 heavy (non-hydrogen) atoms. The Morgan fingerprint density at radius 1 is 1.00 bits per heavy atom. The molecule has 0 radical (unpaired) electrons. The molecule has 0 spiro atoms. The SMILES string of the molecule is CCC(NC(=O)C1CCN(S(=O)(=O)c2ccc(OC)cc2)CC1)c1ccc(OC)c(OC)c1. The summed E-state index contributed by atoms with van der Waals surface area (Å²) in [6.07, 6.45) is 1.67. The van der Waals surface area contributed by atoms with E-state index in [0.717, 1.165) is 5.56 Å². The minimum Gasteiger partial charge on any atom is -0.497 e. The zero-order valence-corrected chi connectivity index (χ0v) is 20.4. The first kappa shape index (κ1) is 24.9. The first-order chi connectivity index (χ1) is 15.8. The monoisotopic (exact) mass is 476 g/mol. The fourth-order valence-electron chi connectivity index (χ4n) is 4.04. The molecule has 9 heteroatoms. The van der Waals surface area contributed by atoms with E-state index in [9.17, 15) is 13.2 Å². The standard InChI is InChI=1S/C24H32N2O6S/c1-5-21(18-6-11-22(31-3)23(16-18)32-4)25-24(27)17-12-14-26(15-13-17)33(28,29)20-9-7-19(30-2)8-10-20/h6-11,16-17,21H,5,12-15H2,1-4H3,(H,25,27). The molecule has 1 aliphatic heterocycles. The van der Waals surface area contributed by atoms with Crippen molar-refractivity contribution in [2.75, 3.05) is 34.4 Å². The number of carbonyl (C=O) groups is 1. The Balaban J connectivity index is 1.62. The molecular weight excluding hydrogens is 444 g/mol. The fraction of sp³-hybridized carbons (Fsp3) is 0.458. The second-order valence-corrected chi connectivity index (χ2v) is 9.88. The van der Waals surface area contributed by atoms with E-state index in [-0.39, 0.29) is 22.8 Å². The maximum Gasteiger partial charge on any atom is 0.243 e. The van der Waals surface area contributed by atoms with E-state index in [4.69, 9.17) is 14.2 Å². The van der Waals surface area contributed by atoms with Gasteiger partial charge >= 0.3 is 0 Å². The van der Waals surface area contributed by atoms with Crippen LogP contribution in [0.4, 0.5) is 0 Å². The number of hydrogen-bond acceptors (Lipinski definition) is 6. The van der Waals surface area contributed by atoms with Gasteiger partial charge in [-0.25, -0.2) is 8.42 Å². The van der Waals surface area contributed by atoms with Crippen molar-refractivity contribution in [1.82, 2.24) is 9.62 Å². The number of piperidine rings is 1. The zero-order chi connectivity index (χ0) is 24.0. The quantitative estimate of drug-likeness (QED) is 0.596. The molecule has 1 N–H and O–H groups in total. The van der Waals surface area contributed by atoms with Gasteiger partial charge in [-0.2, -0.15) is 4.31 Å². The third kappa shape index (κ3) is 5.59. The Hall–Kier alpha value is -2.78. The van der Waals surface area contributed by atoms with Crippen molar-refractivity contribution in [3.63, 3.8) is 0 Å². The van der Waals surface area contributed by atoms with E-state index in [1.54, 1.807) is 38.5 Å². The van der Waals surface area contributed by atoms with Crippen molar-refractivity contribution in [1.29, 1.82) is 0 Å². The van der Waals surface area contributed by atoms with Crippen LogP contribution in [0.15, 0.2) is 47.4 Å². The largest absolute Gasteiger partial charge is 0.497 e. The highest BCUT2D eigenvalue weighted by Gasteiger charge is 2.32. The van der Waals surface area contributed by atoms with Gasteiger partial charge in [-0.1, -0.05) is 13.0 Å². The van der Waals surface area contributed by atoms with Crippen LogP contribution in [0.3, 0.4) is 0 Å². The maximum absolute atomic E-state index is 13.0. The van der Waals surface area contributed by atoms with Crippen molar-refractivity contribution in [3.8, 4) is 17.2 Å². The minimum absolute atomic E-state index is 0.0573. The van der Waals surface area contributed by atoms with Crippen LogP contribution in [0.2, 0.25) is 0 Å². The van der Waals surface area contributed by atoms with Crippen molar-refractivity contribution >= 4 is 15.9 Å². The number of hydrogen-bond donors (Lipinski definition) is 1. The topological polar surface area (TPSA) is 94.2 Å². The fourth-order valence-corrected chi connectivity index (χ4v) is 5.51. The molecule has 1 atom stereocenters. The molecule has 1 unspecified atom stereocenters. The van der Waals surface area contributed by atoms with E-state index < -0.39 is 10.0 Å². The number of ether oxygens (including phenoxy) is 3. The Labute approximate surface area is 195 Å². The number of sulfonamides is 1. The smallest absolute Gasteiger partial charge is 0.243 e. The number of amides is 1. The molecule has 0 saturated carbocycles. The number of nitrogens with zero attached hydrogens (tertiary/aromatic N) is 1. The average Bonchev–Trinajstić information content (AvgIpc) is 2.86. The molecular formula is C24H32N2O6S. The Morgan fingerprint density at radius 3 is 2.18 bits per heavy atom. The molecule has 180 valence electrons. The van der Waals surface area contributed by atoms with Gasteiger partial charge in [-0.15, -0.1) is 0 Å². The second kappa shape index (κ2) is 10.9. The number of nitrogens with one attached hydrogen (secondary N) is 1. The lowest BCUT2D eigenvalue weighted by atomic mass is 9.95. The summed E-state index contributed by atoms with van der Waals surface area (Å²) in [5, 5.41) is 3.12. The number of carbonyl (C=O) groups excluding carboxylic acids is 1. The Bertz CT molecular complexity index is 1050. The van der Waals surface area contributed by atoms with Gasteiger partial charge in [0, 0.05) is 19.0 Å². The van der Waals surface area contributed by atoms with Crippen molar-refractivity contribution in [2.45, 2.75) is 37.1 Å². The van der Waals surface area contributed by atoms with Gasteiger partial charge < -0.3 is 19.5 Å². The van der Waals surface area contributed by atoms with E-state index in [0.29, 0.717) is 49.6 Å². The van der Waals surface area contributed by atoms with Crippen molar-refractivity contribution in [2.24, 2.45) is 5.92 Å². The third-order valence-electron chi connectivity index (χ3n) is 6.06. The van der Waals surface area contributed by atoms with Crippen LogP contribution < -0.4 is 19.5 Å². The third-order valence-corrected chi connectivity index (χ3v) is 7.97. The number of benzene rings is 2. The lowest BCUT2D eigenvalue weighted by Crippen LogP contribution is -2.43. The molecule has 0 bridgehead atoms. The predicted molar refractivity (Wildman–Crippen MR) is 125 cm³/mol. The van der Waals surface area contributed by atoms with Gasteiger partial charge in [0.05, 0.1) is 32.3 Å². The van der Waals surface area contributed by atoms with Gasteiger partial charge in [0.1, 0.15) is 5.75 Å². The molecule has 2 aromatic rings. The normalized spacial score (nSPS) is 16.1. The summed E-state index contributed by atoms with van der Waals surface area (Å²) >= 11 is 0. The summed E-state index contributed by atoms with van der Waals surface area (Å²) in [4.78, 5) is 13.2. The molecule has 1 amide bonds. The van der Waals surface area contributed by atoms with Crippen LogP contribution in [0, 0.1) is 5.92 Å². The average molecular weight is 477 g/mol. The highest BCUT2D eigenvalue weighted by Crippen LogP contribution is 2.31. The lowest BCUT2D eigenvalue weighted by molar-refractivity contribution is -0.126. The molecule has 2 aromatic carbocycles. The molecule has 0 aliphatic carbocycles. The van der Waals surface area contributed by atoms with Gasteiger partial charge in [0.25, 0.3) is 0 Å². The first-order valence-corrected chi connectivity index (χ1v) is 12.4. The summed E-state index contributed by atoms with van der Waals surface area (Å²) < 4.78 is 43.1. The zero-order valence-electron chi connectivity index (χ0n) is 19.5. The minimum atomic E-state index is -3.60. The van der Waals surface area contributed by atoms with Crippen LogP contribution in [0.25, 0.3) is 0 Å². The van der Waals surface area contributed by atoms with E-state index in [1.165, 1.54) is 11.4 Å². The lowest BCUT2D eigenvalue weighted by Gasteiger charge is -2.31. The summed E-state index contributed by atoms with van der Waals surface area (Å²) in [7, 11) is 1.09. The van der Waals surface area contributed by atoms with Crippen molar-refractivity contribution in [3.05, 3.63) is 48.0 Å². The first-order valence-electron chi connectivity index (χ1n) is 11.0. The maximum atomic E-state index is 13.0. The second-order valence-electron chi connectivity index (χ2n) is 7.94. The van der Waals surface area contributed by atoms with Gasteiger partial charge in [-0.3, -0.25) is 4.79 Å². The van der Waals surface area contributed by atoms with E-state index in [1.807, 2.05) is 25.1 Å². The predicted octanol–water partition coefficient (Wildman–Crippen LogP) is 3.38. The van der Waals surface area contributed by atoms with E-state index in [2.05, 4.69) is 5.32 Å². The van der Waals surface area contributed by atoms with Gasteiger partial charge in [0.2, 0.25) is 15.9 Å². The number of rotatable bonds is 9. The van der Waals surface area contributed by atoms with Crippen LogP contribution in [-0.4, -0.2) is 53.0 Å². The molecule has 3 rings (SSSR count). The molecule has 1 heterocycles. The molecule has 1 aliphatic rings. The molecule has 1 saturated heterocycles. The van der Waals surface area contributed by atoms with Crippen LogP contribution in [0.5, 0.6) is 17.2 Å². The van der Waals surface area contributed by atoms with Crippen LogP contribution >= 0.6 is 0 Å². The highest BCUT2D eigenvalue weighted by atomic mass is 32.2. The molecule has 8 nitrogen and oxygen atoms in total. The number of methoxy groups -OCH3 is 3. The highest BCUT2D eigenvalue weighted by molar-refractivity contribution is 7.89. The summed E-state index contributed by atoms with van der Waals surface area (Å²) in [6.45, 7) is 2.62. The van der Waals surface area contributed by atoms with Crippen LogP contribution in [-0.2, 0) is 14.8 Å². The van der Waals surface area contributed by atoms with Crippen molar-refractivity contribution < 1.29 is 27.4 Å². The van der Waals surface area contributed by atoms with Gasteiger partial charge in [-0.05, 0) is 61.2 Å². The Morgan fingerprint density at radius 2 is 1.64 bits per heavy atom. The molecule has 1 fully saturated rings. The summed E-state index contributed by atoms with van der Waals surface area (Å²) in [5.74, 6) is 1.55. The van der Waals surface area contributed by atoms with Crippen LogP contribution in [0.1, 0.15) is 37.8 Å². The van der Waals surface area contributed by atoms with Gasteiger partial charge in [0.15, 0.2) is 11.5 Å². The Kier molecular flexibility index (Phi) is 8.20. The van der Waals surface area contributed by atoms with E-state index >= 15 is 0 Å². The molecule has 0 aromatic heterocycles.